The van der Waals surface area contributed by atoms with Crippen LogP contribution in [-0.2, 0) is 0 Å². The van der Waals surface area contributed by atoms with Gasteiger partial charge >= 0.3 is 0 Å². The molecule has 4 heteroatoms. The van der Waals surface area contributed by atoms with E-state index in [9.17, 15) is 20.4 Å². The molecule has 2 atom stereocenters. The minimum atomic E-state index is -0.801. The highest BCUT2D eigenvalue weighted by atomic mass is 16.3. The Labute approximate surface area is 200 Å². The van der Waals surface area contributed by atoms with Crippen molar-refractivity contribution in [2.75, 3.05) is 0 Å². The van der Waals surface area contributed by atoms with Gasteiger partial charge < -0.3 is 20.4 Å². The molecule has 0 spiro atoms. The number of phenols is 2. The normalized spacial score (nSPS) is 12.1. The van der Waals surface area contributed by atoms with E-state index in [0.717, 1.165) is 11.1 Å². The molecule has 0 saturated heterocycles. The van der Waals surface area contributed by atoms with Gasteiger partial charge in [0.05, 0.1) is 0 Å². The molecule has 0 saturated carbocycles. The van der Waals surface area contributed by atoms with Gasteiger partial charge in [0.25, 0.3) is 0 Å². The summed E-state index contributed by atoms with van der Waals surface area (Å²) in [5, 5.41) is 39.1. The Morgan fingerprint density at radius 1 is 0.500 bits per heavy atom. The number of hydrogen-bond donors (Lipinski definition) is 4. The van der Waals surface area contributed by atoms with Gasteiger partial charge in [-0.25, -0.2) is 0 Å². The van der Waals surface area contributed by atoms with E-state index in [1.165, 1.54) is 0 Å². The zero-order valence-corrected chi connectivity index (χ0v) is 18.8. The standard InChI is InChI=1S/2C15H14O2/c2*1-11(12-6-3-2-4-7-12)15(17)13-8-5-9-14(16)10-13/h2*2-10,15-17H,1H2/t2*15-/m10/s1. The van der Waals surface area contributed by atoms with Crippen LogP contribution in [0.15, 0.2) is 122 Å². The predicted octanol–water partition coefficient (Wildman–Crippen LogP) is 6.28. The van der Waals surface area contributed by atoms with Gasteiger partial charge in [-0.15, -0.1) is 0 Å². The Hall–Kier alpha value is -4.12. The summed E-state index contributed by atoms with van der Waals surface area (Å²) in [5.74, 6) is 0.282. The Morgan fingerprint density at radius 3 is 1.18 bits per heavy atom. The summed E-state index contributed by atoms with van der Waals surface area (Å²) in [6.45, 7) is 7.80. The van der Waals surface area contributed by atoms with Gasteiger partial charge in [0, 0.05) is 0 Å². The lowest BCUT2D eigenvalue weighted by Gasteiger charge is -2.14. The summed E-state index contributed by atoms with van der Waals surface area (Å²) >= 11 is 0. The van der Waals surface area contributed by atoms with E-state index in [4.69, 9.17) is 0 Å². The van der Waals surface area contributed by atoms with Crippen LogP contribution in [-0.4, -0.2) is 20.4 Å². The van der Waals surface area contributed by atoms with Crippen molar-refractivity contribution in [3.05, 3.63) is 145 Å². The van der Waals surface area contributed by atoms with Crippen molar-refractivity contribution in [3.8, 4) is 11.5 Å². The molecular weight excluding hydrogens is 424 g/mol. The van der Waals surface area contributed by atoms with Crippen molar-refractivity contribution in [2.24, 2.45) is 0 Å². The summed E-state index contributed by atoms with van der Waals surface area (Å²) < 4.78 is 0. The van der Waals surface area contributed by atoms with Crippen LogP contribution in [0.5, 0.6) is 11.5 Å². The van der Waals surface area contributed by atoms with Gasteiger partial charge in [0.15, 0.2) is 0 Å². The third kappa shape index (κ3) is 6.45. The fourth-order valence-electron chi connectivity index (χ4n) is 3.41. The minimum absolute atomic E-state index is 0.141. The van der Waals surface area contributed by atoms with Gasteiger partial charge in [-0.1, -0.05) is 98.1 Å². The molecule has 0 aliphatic rings. The van der Waals surface area contributed by atoms with Gasteiger partial charge in [-0.2, -0.15) is 0 Å². The number of aliphatic hydroxyl groups excluding tert-OH is 2. The summed E-state index contributed by atoms with van der Waals surface area (Å²) in [6.07, 6.45) is -1.60. The van der Waals surface area contributed by atoms with Crippen molar-refractivity contribution < 1.29 is 20.4 Å². The average molecular weight is 453 g/mol. The third-order valence-corrected chi connectivity index (χ3v) is 5.32. The fourth-order valence-corrected chi connectivity index (χ4v) is 3.41. The van der Waals surface area contributed by atoms with E-state index in [-0.39, 0.29) is 11.5 Å². The SMILES string of the molecule is C=C(c1ccccc1)[C@@H](O)c1cccc(O)c1.C=C(c1ccccc1)[C@H](O)c1cccc(O)c1. The van der Waals surface area contributed by atoms with Gasteiger partial charge in [-0.05, 0) is 57.7 Å². The lowest BCUT2D eigenvalue weighted by molar-refractivity contribution is 0.238. The number of benzene rings is 4. The highest BCUT2D eigenvalue weighted by Gasteiger charge is 2.14. The van der Waals surface area contributed by atoms with Crippen LogP contribution < -0.4 is 0 Å². The van der Waals surface area contributed by atoms with Gasteiger partial charge in [0.1, 0.15) is 23.7 Å². The largest absolute Gasteiger partial charge is 0.508 e. The molecule has 0 aromatic heterocycles. The van der Waals surface area contributed by atoms with Gasteiger partial charge in [-0.3, -0.25) is 0 Å². The lowest BCUT2D eigenvalue weighted by Crippen LogP contribution is -1.99. The number of aromatic hydroxyl groups is 2. The van der Waals surface area contributed by atoms with Crippen molar-refractivity contribution >= 4 is 11.1 Å². The van der Waals surface area contributed by atoms with Crippen LogP contribution in [0.2, 0.25) is 0 Å². The van der Waals surface area contributed by atoms with Crippen molar-refractivity contribution in [1.82, 2.24) is 0 Å². The predicted molar refractivity (Wildman–Crippen MR) is 137 cm³/mol. The second kappa shape index (κ2) is 11.7. The molecule has 4 rings (SSSR count). The zero-order chi connectivity index (χ0) is 24.5. The summed E-state index contributed by atoms with van der Waals surface area (Å²) in [7, 11) is 0. The molecule has 4 N–H and O–H groups in total. The first-order chi connectivity index (χ1) is 16.4. The first-order valence-corrected chi connectivity index (χ1v) is 10.8. The Kier molecular flexibility index (Phi) is 8.41. The molecule has 0 unspecified atom stereocenters. The first-order valence-electron chi connectivity index (χ1n) is 10.8. The Bertz CT molecular complexity index is 1130. The highest BCUT2D eigenvalue weighted by molar-refractivity contribution is 5.69. The zero-order valence-electron chi connectivity index (χ0n) is 18.8. The summed E-state index contributed by atoms with van der Waals surface area (Å²) in [5.41, 5.74) is 4.30. The molecular formula is C30H28O4. The van der Waals surface area contributed by atoms with Crippen LogP contribution in [0.3, 0.4) is 0 Å². The molecule has 34 heavy (non-hydrogen) atoms. The minimum Gasteiger partial charge on any atom is -0.508 e. The fraction of sp³-hybridized carbons (Fsp3) is 0.0667. The smallest absolute Gasteiger partial charge is 0.115 e. The maximum absolute atomic E-state index is 10.2. The monoisotopic (exact) mass is 452 g/mol. The highest BCUT2D eigenvalue weighted by Crippen LogP contribution is 2.30. The van der Waals surface area contributed by atoms with Crippen LogP contribution >= 0.6 is 0 Å². The summed E-state index contributed by atoms with van der Waals surface area (Å²) in [4.78, 5) is 0. The second-order valence-electron chi connectivity index (χ2n) is 7.78. The number of rotatable bonds is 6. The molecule has 0 radical (unpaired) electrons. The summed E-state index contributed by atoms with van der Waals surface area (Å²) in [6, 6.07) is 32.2. The molecule has 0 aliphatic heterocycles. The van der Waals surface area contributed by atoms with Gasteiger partial charge in [0.2, 0.25) is 0 Å². The molecule has 4 aromatic carbocycles. The molecule has 0 amide bonds. The molecule has 172 valence electrons. The van der Waals surface area contributed by atoms with Crippen molar-refractivity contribution in [1.29, 1.82) is 0 Å². The molecule has 0 heterocycles. The topological polar surface area (TPSA) is 80.9 Å². The van der Waals surface area contributed by atoms with E-state index < -0.39 is 12.2 Å². The van der Waals surface area contributed by atoms with E-state index in [1.54, 1.807) is 48.5 Å². The lowest BCUT2D eigenvalue weighted by atomic mass is 9.97. The Balaban J connectivity index is 0.000000191. The third-order valence-electron chi connectivity index (χ3n) is 5.32. The molecule has 0 bridgehead atoms. The van der Waals surface area contributed by atoms with Crippen LogP contribution in [0, 0.1) is 0 Å². The molecule has 4 nitrogen and oxygen atoms in total. The quantitative estimate of drug-likeness (QED) is 0.278. The molecule has 0 fully saturated rings. The van der Waals surface area contributed by atoms with Crippen molar-refractivity contribution in [3.63, 3.8) is 0 Å². The molecule has 0 aliphatic carbocycles. The van der Waals surface area contributed by atoms with Crippen LogP contribution in [0.25, 0.3) is 11.1 Å². The first kappa shape index (κ1) is 24.5. The van der Waals surface area contributed by atoms with E-state index in [2.05, 4.69) is 13.2 Å². The number of aliphatic hydroxyl groups is 2. The van der Waals surface area contributed by atoms with E-state index in [1.807, 2.05) is 60.7 Å². The van der Waals surface area contributed by atoms with E-state index in [0.29, 0.717) is 22.3 Å². The van der Waals surface area contributed by atoms with Crippen LogP contribution in [0.4, 0.5) is 0 Å². The van der Waals surface area contributed by atoms with E-state index >= 15 is 0 Å². The maximum atomic E-state index is 10.2. The second-order valence-corrected chi connectivity index (χ2v) is 7.78. The average Bonchev–Trinajstić information content (AvgIpc) is 2.88. The number of phenolic OH excluding ortho intramolecular Hbond substituents is 2. The maximum Gasteiger partial charge on any atom is 0.115 e. The van der Waals surface area contributed by atoms with Crippen molar-refractivity contribution in [2.45, 2.75) is 12.2 Å². The van der Waals surface area contributed by atoms with Crippen LogP contribution in [0.1, 0.15) is 34.5 Å². The number of hydrogen-bond acceptors (Lipinski definition) is 4. The Morgan fingerprint density at radius 2 is 0.853 bits per heavy atom. The molecule has 4 aromatic rings.